The van der Waals surface area contributed by atoms with Crippen molar-refractivity contribution >= 4 is 44.7 Å². The van der Waals surface area contributed by atoms with Crippen LogP contribution in [0.3, 0.4) is 0 Å². The molecule has 1 aliphatic rings. The van der Waals surface area contributed by atoms with E-state index in [-0.39, 0.29) is 6.54 Å². The Bertz CT molecular complexity index is 1120. The lowest BCUT2D eigenvalue weighted by molar-refractivity contribution is -0.123. The fraction of sp³-hybridized carbons (Fsp3) is 0.476. The molecule has 180 valence electrons. The summed E-state index contributed by atoms with van der Waals surface area (Å²) in [7, 11) is -3.23. The minimum Gasteiger partial charge on any atom is -0.373 e. The summed E-state index contributed by atoms with van der Waals surface area (Å²) in [6.07, 6.45) is 3.07. The first-order chi connectivity index (χ1) is 15.7. The smallest absolute Gasteiger partial charge is 0.304 e. The van der Waals surface area contributed by atoms with E-state index in [0.717, 1.165) is 37.5 Å². The predicted molar refractivity (Wildman–Crippen MR) is 125 cm³/mol. The second kappa shape index (κ2) is 10.8. The Labute approximate surface area is 196 Å². The summed E-state index contributed by atoms with van der Waals surface area (Å²) in [5.74, 6) is -0.716. The minimum absolute atomic E-state index is 0.275. The largest absolute Gasteiger partial charge is 0.373 e. The van der Waals surface area contributed by atoms with Crippen LogP contribution in [-0.2, 0) is 19.7 Å². The Morgan fingerprint density at radius 3 is 2.73 bits per heavy atom. The number of rotatable bonds is 9. The molecule has 1 aromatic heterocycles. The van der Waals surface area contributed by atoms with Gasteiger partial charge < -0.3 is 10.1 Å². The van der Waals surface area contributed by atoms with Gasteiger partial charge in [0.25, 0.3) is 5.91 Å². The van der Waals surface area contributed by atoms with E-state index in [2.05, 4.69) is 10.3 Å². The van der Waals surface area contributed by atoms with E-state index in [1.807, 2.05) is 23.4 Å². The molecule has 0 spiro atoms. The van der Waals surface area contributed by atoms with Crippen LogP contribution in [0.5, 0.6) is 0 Å². The summed E-state index contributed by atoms with van der Waals surface area (Å²) in [5.41, 5.74) is -0.556. The van der Waals surface area contributed by atoms with E-state index in [4.69, 9.17) is 4.74 Å². The number of likely N-dealkylation sites (N-methyl/N-ethyl adjacent to an activating group) is 1. The molecule has 9 nitrogen and oxygen atoms in total. The van der Waals surface area contributed by atoms with Gasteiger partial charge in [-0.15, -0.1) is 0 Å². The first-order valence-corrected chi connectivity index (χ1v) is 13.1. The van der Waals surface area contributed by atoms with Crippen LogP contribution in [0.1, 0.15) is 30.1 Å². The molecule has 0 saturated carbocycles. The number of benzene rings is 1. The zero-order valence-corrected chi connectivity index (χ0v) is 20.1. The normalized spacial score (nSPS) is 16.0. The van der Waals surface area contributed by atoms with Crippen LogP contribution in [0.4, 0.5) is 4.39 Å². The summed E-state index contributed by atoms with van der Waals surface area (Å²) in [6.45, 7) is 2.17. The maximum atomic E-state index is 14.3. The third-order valence-electron chi connectivity index (χ3n) is 5.40. The van der Waals surface area contributed by atoms with E-state index >= 15 is 0 Å². The lowest BCUT2D eigenvalue weighted by Gasteiger charge is -2.37. The molecule has 33 heavy (non-hydrogen) atoms. The number of aromatic nitrogens is 1. The van der Waals surface area contributed by atoms with Crippen molar-refractivity contribution in [3.63, 3.8) is 0 Å². The number of halogens is 1. The quantitative estimate of drug-likeness (QED) is 0.540. The summed E-state index contributed by atoms with van der Waals surface area (Å²) < 4.78 is 47.8. The van der Waals surface area contributed by atoms with Gasteiger partial charge in [-0.05, 0) is 43.4 Å². The Hall–Kier alpha value is -2.28. The van der Waals surface area contributed by atoms with Crippen molar-refractivity contribution in [3.05, 3.63) is 41.8 Å². The number of amides is 2. The number of ether oxygens (including phenoxy) is 1. The van der Waals surface area contributed by atoms with Gasteiger partial charge in [0.2, 0.25) is 5.91 Å². The molecule has 2 N–H and O–H groups in total. The SMILES string of the molecule is CCOC1(CNC(=O)CN(C)S(=O)(=O)NC(=O)c2cc3cccnc3cc2F)CCSCC1. The lowest BCUT2D eigenvalue weighted by Crippen LogP contribution is -2.50. The van der Waals surface area contributed by atoms with E-state index in [0.29, 0.717) is 21.8 Å². The Morgan fingerprint density at radius 2 is 2.03 bits per heavy atom. The molecule has 3 rings (SSSR count). The molecular weight excluding hydrogens is 471 g/mol. The maximum absolute atomic E-state index is 14.3. The first kappa shape index (κ1) is 25.3. The average molecular weight is 499 g/mol. The van der Waals surface area contributed by atoms with Crippen LogP contribution in [0, 0.1) is 5.82 Å². The van der Waals surface area contributed by atoms with E-state index in [1.54, 1.807) is 12.1 Å². The minimum atomic E-state index is -4.39. The monoisotopic (exact) mass is 498 g/mol. The number of nitrogens with zero attached hydrogens (tertiary/aromatic N) is 2. The Kier molecular flexibility index (Phi) is 8.27. The molecule has 1 aromatic carbocycles. The molecule has 0 radical (unpaired) electrons. The molecule has 0 unspecified atom stereocenters. The number of hydrogen-bond acceptors (Lipinski definition) is 7. The van der Waals surface area contributed by atoms with Gasteiger partial charge in [0.1, 0.15) is 5.82 Å². The molecular formula is C21H27FN4O5S2. The second-order valence-corrected chi connectivity index (χ2v) is 10.7. The van der Waals surface area contributed by atoms with Gasteiger partial charge in [-0.3, -0.25) is 14.6 Å². The van der Waals surface area contributed by atoms with Crippen molar-refractivity contribution < 1.29 is 27.1 Å². The third-order valence-corrected chi connectivity index (χ3v) is 7.78. The van der Waals surface area contributed by atoms with Crippen molar-refractivity contribution in [1.29, 1.82) is 0 Å². The fourth-order valence-corrected chi connectivity index (χ4v) is 5.57. The van der Waals surface area contributed by atoms with Crippen LogP contribution in [-0.4, -0.2) is 73.4 Å². The molecule has 12 heteroatoms. The third kappa shape index (κ3) is 6.40. The van der Waals surface area contributed by atoms with Gasteiger partial charge in [-0.25, -0.2) is 9.11 Å². The number of pyridine rings is 1. The number of carbonyl (C=O) groups is 2. The van der Waals surface area contributed by atoms with E-state index < -0.39 is 45.6 Å². The van der Waals surface area contributed by atoms with Crippen molar-refractivity contribution in [2.45, 2.75) is 25.4 Å². The summed E-state index contributed by atoms with van der Waals surface area (Å²) in [5, 5.41) is 3.22. The average Bonchev–Trinajstić information content (AvgIpc) is 2.77. The number of nitrogens with one attached hydrogen (secondary N) is 2. The Morgan fingerprint density at radius 1 is 1.30 bits per heavy atom. The summed E-state index contributed by atoms with van der Waals surface area (Å²) in [6, 6.07) is 5.54. The lowest BCUT2D eigenvalue weighted by atomic mass is 9.96. The first-order valence-electron chi connectivity index (χ1n) is 10.5. The van der Waals surface area contributed by atoms with Crippen LogP contribution in [0.25, 0.3) is 10.9 Å². The van der Waals surface area contributed by atoms with Gasteiger partial charge in [0.15, 0.2) is 0 Å². The molecule has 2 heterocycles. The topological polar surface area (TPSA) is 118 Å². The predicted octanol–water partition coefficient (Wildman–Crippen LogP) is 1.70. The molecule has 1 aliphatic heterocycles. The fourth-order valence-electron chi connectivity index (χ4n) is 3.54. The summed E-state index contributed by atoms with van der Waals surface area (Å²) >= 11 is 1.83. The van der Waals surface area contributed by atoms with E-state index in [1.165, 1.54) is 12.3 Å². The molecule has 0 atom stereocenters. The molecule has 2 amide bonds. The second-order valence-electron chi connectivity index (χ2n) is 7.73. The van der Waals surface area contributed by atoms with Crippen molar-refractivity contribution in [2.24, 2.45) is 0 Å². The molecule has 1 fully saturated rings. The number of fused-ring (bicyclic) bond motifs is 1. The molecule has 1 saturated heterocycles. The van der Waals surface area contributed by atoms with Crippen molar-refractivity contribution in [1.82, 2.24) is 19.3 Å². The summed E-state index contributed by atoms with van der Waals surface area (Å²) in [4.78, 5) is 28.8. The molecule has 0 aliphatic carbocycles. The van der Waals surface area contributed by atoms with Crippen LogP contribution in [0.2, 0.25) is 0 Å². The zero-order chi connectivity index (χ0) is 24.1. The zero-order valence-electron chi connectivity index (χ0n) is 18.5. The number of thioether (sulfide) groups is 1. The van der Waals surface area contributed by atoms with Gasteiger partial charge >= 0.3 is 10.2 Å². The highest BCUT2D eigenvalue weighted by Crippen LogP contribution is 2.30. The van der Waals surface area contributed by atoms with Gasteiger partial charge in [-0.1, -0.05) is 6.07 Å². The van der Waals surface area contributed by atoms with Crippen molar-refractivity contribution in [2.75, 3.05) is 38.2 Å². The van der Waals surface area contributed by atoms with Crippen LogP contribution >= 0.6 is 11.8 Å². The highest BCUT2D eigenvalue weighted by atomic mass is 32.2. The van der Waals surface area contributed by atoms with Crippen LogP contribution < -0.4 is 10.0 Å². The van der Waals surface area contributed by atoms with Gasteiger partial charge in [0.05, 0.1) is 23.2 Å². The highest BCUT2D eigenvalue weighted by Gasteiger charge is 2.34. The molecule has 0 bridgehead atoms. The standard InChI is InChI=1S/C21H27FN4O5S2/c1-3-31-21(6-9-32-10-7-21)14-24-19(27)13-26(2)33(29,30)25-20(28)16-11-15-5-4-8-23-18(15)12-17(16)22/h4-5,8,11-12H,3,6-7,9-10,13-14H2,1-2H3,(H,24,27)(H,25,28). The van der Waals surface area contributed by atoms with Gasteiger partial charge in [0, 0.05) is 37.8 Å². The highest BCUT2D eigenvalue weighted by molar-refractivity contribution is 7.99. The van der Waals surface area contributed by atoms with Crippen molar-refractivity contribution in [3.8, 4) is 0 Å². The van der Waals surface area contributed by atoms with Gasteiger partial charge in [-0.2, -0.15) is 24.5 Å². The molecule has 2 aromatic rings. The van der Waals surface area contributed by atoms with Crippen LogP contribution in [0.15, 0.2) is 30.5 Å². The maximum Gasteiger partial charge on any atom is 0.304 e. The van der Waals surface area contributed by atoms with E-state index in [9.17, 15) is 22.4 Å². The Balaban J connectivity index is 1.61. The number of hydrogen-bond donors (Lipinski definition) is 2. The number of carbonyl (C=O) groups excluding carboxylic acids is 2.